The maximum atomic E-state index is 3.17. The lowest BCUT2D eigenvalue weighted by Crippen LogP contribution is -2.31. The van der Waals surface area contributed by atoms with Crippen LogP contribution in [0.5, 0.6) is 0 Å². The van der Waals surface area contributed by atoms with Crippen LogP contribution in [0.1, 0.15) is 0 Å². The molecule has 1 rings (SSSR count). The first-order valence-electron chi connectivity index (χ1n) is 2.47. The summed E-state index contributed by atoms with van der Waals surface area (Å²) in [5, 5.41) is 3.17. The summed E-state index contributed by atoms with van der Waals surface area (Å²) in [6.45, 7) is 2.00. The van der Waals surface area contributed by atoms with Gasteiger partial charge in [-0.25, -0.2) is 0 Å². The van der Waals surface area contributed by atoms with E-state index in [-0.39, 0.29) is 0 Å². The van der Waals surface area contributed by atoms with E-state index in [1.807, 2.05) is 7.05 Å². The number of hydrogen-bond acceptors (Lipinski definition) is 2. The highest BCUT2D eigenvalue weighted by molar-refractivity contribution is 4.86. The van der Waals surface area contributed by atoms with Gasteiger partial charge < -0.3 is 4.90 Å². The molecule has 0 saturated carbocycles. The third-order valence-electron chi connectivity index (χ3n) is 0.983. The molecule has 40 valence electrons. The van der Waals surface area contributed by atoms with Crippen LogP contribution in [0.15, 0.2) is 12.3 Å². The van der Waals surface area contributed by atoms with Crippen molar-refractivity contribution >= 4 is 0 Å². The fourth-order valence-corrected chi connectivity index (χ4v) is 0.610. The van der Waals surface area contributed by atoms with Crippen molar-refractivity contribution in [2.75, 3.05) is 20.3 Å². The van der Waals surface area contributed by atoms with Crippen LogP contribution in [-0.4, -0.2) is 25.2 Å². The van der Waals surface area contributed by atoms with Gasteiger partial charge in [-0.05, 0) is 6.20 Å². The van der Waals surface area contributed by atoms with Crippen LogP contribution in [0.4, 0.5) is 0 Å². The van der Waals surface area contributed by atoms with E-state index in [0.717, 1.165) is 13.2 Å². The maximum Gasteiger partial charge on any atom is 0.0675 e. The van der Waals surface area contributed by atoms with Crippen LogP contribution in [-0.2, 0) is 0 Å². The SMILES string of the molecule is CN1C=CCNC1. The average molecular weight is 98.1 g/mol. The molecule has 0 radical (unpaired) electrons. The molecular formula is C5H10N2. The van der Waals surface area contributed by atoms with Gasteiger partial charge in [-0.2, -0.15) is 0 Å². The van der Waals surface area contributed by atoms with Gasteiger partial charge >= 0.3 is 0 Å². The van der Waals surface area contributed by atoms with Gasteiger partial charge in [0.25, 0.3) is 0 Å². The molecule has 7 heavy (non-hydrogen) atoms. The summed E-state index contributed by atoms with van der Waals surface area (Å²) in [4.78, 5) is 2.10. The van der Waals surface area contributed by atoms with Crippen LogP contribution in [0, 0.1) is 0 Å². The lowest BCUT2D eigenvalue weighted by Gasteiger charge is -2.17. The molecule has 0 aliphatic carbocycles. The van der Waals surface area contributed by atoms with Crippen LogP contribution in [0.2, 0.25) is 0 Å². The molecule has 0 aromatic heterocycles. The largest absolute Gasteiger partial charge is 0.368 e. The van der Waals surface area contributed by atoms with Gasteiger partial charge in [-0.15, -0.1) is 0 Å². The van der Waals surface area contributed by atoms with E-state index in [1.54, 1.807) is 0 Å². The van der Waals surface area contributed by atoms with Crippen molar-refractivity contribution in [3.63, 3.8) is 0 Å². The molecule has 0 amide bonds. The van der Waals surface area contributed by atoms with Gasteiger partial charge in [-0.1, -0.05) is 6.08 Å². The van der Waals surface area contributed by atoms with Gasteiger partial charge in [0.05, 0.1) is 6.67 Å². The van der Waals surface area contributed by atoms with E-state index in [9.17, 15) is 0 Å². The molecule has 0 spiro atoms. The minimum Gasteiger partial charge on any atom is -0.368 e. The molecule has 0 aromatic rings. The fourth-order valence-electron chi connectivity index (χ4n) is 0.610. The summed E-state index contributed by atoms with van der Waals surface area (Å²) in [6, 6.07) is 0. The third-order valence-corrected chi connectivity index (χ3v) is 0.983. The highest BCUT2D eigenvalue weighted by Gasteiger charge is 1.91. The van der Waals surface area contributed by atoms with Gasteiger partial charge in [0.15, 0.2) is 0 Å². The lowest BCUT2D eigenvalue weighted by molar-refractivity contribution is 0.399. The summed E-state index contributed by atoms with van der Waals surface area (Å²) in [6.07, 6.45) is 4.18. The Morgan fingerprint density at radius 3 is 2.86 bits per heavy atom. The standard InChI is InChI=1S/C5H10N2/c1-7-4-2-3-6-5-7/h2,4,6H,3,5H2,1H3. The maximum absolute atomic E-state index is 3.17. The van der Waals surface area contributed by atoms with Crippen LogP contribution >= 0.6 is 0 Å². The van der Waals surface area contributed by atoms with Gasteiger partial charge in [0.1, 0.15) is 0 Å². The van der Waals surface area contributed by atoms with E-state index in [1.165, 1.54) is 0 Å². The van der Waals surface area contributed by atoms with E-state index in [4.69, 9.17) is 0 Å². The summed E-state index contributed by atoms with van der Waals surface area (Å²) in [5.41, 5.74) is 0. The van der Waals surface area contributed by atoms with Crippen molar-refractivity contribution < 1.29 is 0 Å². The van der Waals surface area contributed by atoms with Crippen LogP contribution in [0.3, 0.4) is 0 Å². The Morgan fingerprint density at radius 2 is 2.57 bits per heavy atom. The van der Waals surface area contributed by atoms with Crippen molar-refractivity contribution in [1.29, 1.82) is 0 Å². The second-order valence-corrected chi connectivity index (χ2v) is 1.75. The number of nitrogens with zero attached hydrogens (tertiary/aromatic N) is 1. The molecule has 0 bridgehead atoms. The molecule has 0 saturated heterocycles. The Hall–Kier alpha value is -0.500. The molecule has 1 aliphatic rings. The van der Waals surface area contributed by atoms with Crippen molar-refractivity contribution in [1.82, 2.24) is 10.2 Å². The topological polar surface area (TPSA) is 15.3 Å². The zero-order chi connectivity index (χ0) is 5.11. The lowest BCUT2D eigenvalue weighted by atomic mass is 10.5. The van der Waals surface area contributed by atoms with Gasteiger partial charge in [-0.3, -0.25) is 5.32 Å². The number of hydrogen-bond donors (Lipinski definition) is 1. The van der Waals surface area contributed by atoms with Crippen LogP contribution in [0.25, 0.3) is 0 Å². The molecule has 1 N–H and O–H groups in total. The third kappa shape index (κ3) is 1.20. The van der Waals surface area contributed by atoms with E-state index in [0.29, 0.717) is 0 Å². The van der Waals surface area contributed by atoms with Crippen molar-refractivity contribution in [3.05, 3.63) is 12.3 Å². The highest BCUT2D eigenvalue weighted by Crippen LogP contribution is 1.84. The minimum atomic E-state index is 0.983. The Kier molecular flexibility index (Phi) is 1.32. The van der Waals surface area contributed by atoms with E-state index >= 15 is 0 Å². The molecule has 0 unspecified atom stereocenters. The summed E-state index contributed by atoms with van der Waals surface area (Å²) in [7, 11) is 2.04. The normalized spacial score (nSPS) is 20.4. The fraction of sp³-hybridized carbons (Fsp3) is 0.600. The monoisotopic (exact) mass is 98.1 g/mol. The summed E-state index contributed by atoms with van der Waals surface area (Å²) in [5.74, 6) is 0. The molecule has 2 heteroatoms. The van der Waals surface area contributed by atoms with Crippen LogP contribution < -0.4 is 5.32 Å². The minimum absolute atomic E-state index is 0.983. The zero-order valence-corrected chi connectivity index (χ0v) is 4.52. The highest BCUT2D eigenvalue weighted by atomic mass is 15.2. The first kappa shape index (κ1) is 4.65. The summed E-state index contributed by atoms with van der Waals surface area (Å²) < 4.78 is 0. The van der Waals surface area contributed by atoms with Gasteiger partial charge in [0.2, 0.25) is 0 Å². The molecule has 0 atom stereocenters. The van der Waals surface area contributed by atoms with Crippen molar-refractivity contribution in [3.8, 4) is 0 Å². The van der Waals surface area contributed by atoms with Crippen molar-refractivity contribution in [2.24, 2.45) is 0 Å². The second-order valence-electron chi connectivity index (χ2n) is 1.75. The first-order chi connectivity index (χ1) is 3.39. The second kappa shape index (κ2) is 1.98. The van der Waals surface area contributed by atoms with Gasteiger partial charge in [0, 0.05) is 13.6 Å². The van der Waals surface area contributed by atoms with E-state index in [2.05, 4.69) is 22.5 Å². The predicted molar refractivity (Wildman–Crippen MR) is 29.8 cm³/mol. The van der Waals surface area contributed by atoms with E-state index < -0.39 is 0 Å². The molecule has 0 fully saturated rings. The molecule has 1 aliphatic heterocycles. The van der Waals surface area contributed by atoms with Crippen molar-refractivity contribution in [2.45, 2.75) is 0 Å². The number of rotatable bonds is 0. The smallest absolute Gasteiger partial charge is 0.0675 e. The molecule has 0 aromatic carbocycles. The number of nitrogens with one attached hydrogen (secondary N) is 1. The Balaban J connectivity index is 2.36. The Labute approximate surface area is 43.8 Å². The Bertz CT molecular complexity index is 78.1. The quantitative estimate of drug-likeness (QED) is 0.458. The predicted octanol–water partition coefficient (Wildman–Crippen LogP) is -0.00740. The average Bonchev–Trinajstić information content (AvgIpc) is 1.69. The first-order valence-corrected chi connectivity index (χ1v) is 2.47. The molecular weight excluding hydrogens is 88.1 g/mol. The molecule has 2 nitrogen and oxygen atoms in total. The molecule has 1 heterocycles. The summed E-state index contributed by atoms with van der Waals surface area (Å²) >= 11 is 0. The Morgan fingerprint density at radius 1 is 1.71 bits per heavy atom. The zero-order valence-electron chi connectivity index (χ0n) is 4.52.